The molecular formula is C8H15F3N2O4S. The van der Waals surface area contributed by atoms with E-state index in [4.69, 9.17) is 5.11 Å². The Morgan fingerprint density at radius 1 is 1.39 bits per heavy atom. The molecule has 0 saturated heterocycles. The third-order valence-electron chi connectivity index (χ3n) is 1.84. The highest BCUT2D eigenvalue weighted by Crippen LogP contribution is 2.12. The van der Waals surface area contributed by atoms with Gasteiger partial charge in [0, 0.05) is 6.04 Å². The fourth-order valence-electron chi connectivity index (χ4n) is 1.20. The first-order valence-corrected chi connectivity index (χ1v) is 6.59. The van der Waals surface area contributed by atoms with E-state index in [0.29, 0.717) is 6.42 Å². The fourth-order valence-corrected chi connectivity index (χ4v) is 2.28. The molecule has 18 heavy (non-hydrogen) atoms. The molecule has 0 aromatic carbocycles. The van der Waals surface area contributed by atoms with Gasteiger partial charge in [0.15, 0.2) is 0 Å². The molecule has 0 aliphatic rings. The average molecular weight is 292 g/mol. The molecule has 0 fully saturated rings. The number of halogens is 3. The maximum atomic E-state index is 11.8. The lowest BCUT2D eigenvalue weighted by atomic mass is 10.1. The molecule has 1 atom stereocenters. The highest BCUT2D eigenvalue weighted by atomic mass is 32.2. The Kier molecular flexibility index (Phi) is 6.57. The molecule has 0 bridgehead atoms. The third kappa shape index (κ3) is 9.19. The molecule has 0 radical (unpaired) electrons. The van der Waals surface area contributed by atoms with Crippen LogP contribution < -0.4 is 9.44 Å². The van der Waals surface area contributed by atoms with Crippen molar-refractivity contribution in [2.24, 2.45) is 0 Å². The lowest BCUT2D eigenvalue weighted by Crippen LogP contribution is -2.46. The average Bonchev–Trinajstić information content (AvgIpc) is 2.12. The Bertz CT molecular complexity index is 369. The molecule has 10 heteroatoms. The van der Waals surface area contributed by atoms with Crippen molar-refractivity contribution in [2.75, 3.05) is 6.54 Å². The van der Waals surface area contributed by atoms with Crippen LogP contribution in [0.3, 0.4) is 0 Å². The van der Waals surface area contributed by atoms with Gasteiger partial charge in [-0.2, -0.15) is 31.0 Å². The summed E-state index contributed by atoms with van der Waals surface area (Å²) >= 11 is 0. The van der Waals surface area contributed by atoms with E-state index in [-0.39, 0.29) is 6.42 Å². The predicted molar refractivity (Wildman–Crippen MR) is 57.1 cm³/mol. The van der Waals surface area contributed by atoms with Crippen LogP contribution in [-0.4, -0.2) is 38.3 Å². The molecule has 0 heterocycles. The Morgan fingerprint density at radius 3 is 2.33 bits per heavy atom. The van der Waals surface area contributed by atoms with Crippen molar-refractivity contribution < 1.29 is 31.5 Å². The smallest absolute Gasteiger partial charge is 0.402 e. The highest BCUT2D eigenvalue weighted by molar-refractivity contribution is 7.87. The van der Waals surface area contributed by atoms with Crippen LogP contribution in [-0.2, 0) is 15.0 Å². The lowest BCUT2D eigenvalue weighted by Gasteiger charge is -2.17. The van der Waals surface area contributed by atoms with Gasteiger partial charge in [-0.25, -0.2) is 0 Å². The van der Waals surface area contributed by atoms with Gasteiger partial charge in [-0.1, -0.05) is 13.3 Å². The van der Waals surface area contributed by atoms with Crippen LogP contribution in [0.15, 0.2) is 0 Å². The fraction of sp³-hybridized carbons (Fsp3) is 0.875. The lowest BCUT2D eigenvalue weighted by molar-refractivity contribution is -0.137. The number of alkyl halides is 3. The van der Waals surface area contributed by atoms with Crippen molar-refractivity contribution in [2.45, 2.75) is 38.4 Å². The van der Waals surface area contributed by atoms with Gasteiger partial charge < -0.3 is 5.11 Å². The van der Waals surface area contributed by atoms with Gasteiger partial charge >= 0.3 is 12.1 Å². The Hall–Kier alpha value is -0.870. The van der Waals surface area contributed by atoms with E-state index < -0.39 is 41.4 Å². The predicted octanol–water partition coefficient (Wildman–Crippen LogP) is 0.616. The van der Waals surface area contributed by atoms with Crippen molar-refractivity contribution in [1.29, 1.82) is 0 Å². The van der Waals surface area contributed by atoms with E-state index >= 15 is 0 Å². The largest absolute Gasteiger partial charge is 0.481 e. The van der Waals surface area contributed by atoms with Crippen molar-refractivity contribution in [1.82, 2.24) is 9.44 Å². The third-order valence-corrected chi connectivity index (χ3v) is 3.01. The molecule has 0 aliphatic heterocycles. The topological polar surface area (TPSA) is 95.5 Å². The minimum Gasteiger partial charge on any atom is -0.481 e. The van der Waals surface area contributed by atoms with E-state index in [9.17, 15) is 26.4 Å². The van der Waals surface area contributed by atoms with Crippen LogP contribution in [0.4, 0.5) is 13.2 Å². The number of carbonyl (C=O) groups is 1. The van der Waals surface area contributed by atoms with E-state index in [1.54, 1.807) is 6.92 Å². The first-order valence-electron chi connectivity index (χ1n) is 5.11. The zero-order valence-corrected chi connectivity index (χ0v) is 10.4. The minimum atomic E-state index is -4.66. The zero-order chi connectivity index (χ0) is 14.4. The van der Waals surface area contributed by atoms with Crippen molar-refractivity contribution in [3.8, 4) is 0 Å². The Balaban J connectivity index is 4.46. The molecule has 0 spiro atoms. The molecule has 6 nitrogen and oxygen atoms in total. The monoisotopic (exact) mass is 292 g/mol. The molecule has 0 aromatic rings. The SMILES string of the molecule is CCCC(CC(=O)O)NS(=O)(=O)NCC(F)(F)F. The summed E-state index contributed by atoms with van der Waals surface area (Å²) in [7, 11) is -4.37. The molecule has 0 rings (SSSR count). The summed E-state index contributed by atoms with van der Waals surface area (Å²) in [5.41, 5.74) is 0. The highest BCUT2D eigenvalue weighted by Gasteiger charge is 2.30. The molecule has 108 valence electrons. The normalized spacial score (nSPS) is 14.4. The summed E-state index contributed by atoms with van der Waals surface area (Å²) < 4.78 is 61.1. The number of nitrogens with one attached hydrogen (secondary N) is 2. The van der Waals surface area contributed by atoms with Crippen LogP contribution in [0.1, 0.15) is 26.2 Å². The maximum Gasteiger partial charge on any atom is 0.402 e. The van der Waals surface area contributed by atoms with E-state index in [1.165, 1.54) is 4.72 Å². The Labute approximate surface area is 103 Å². The minimum absolute atomic E-state index is 0.221. The molecular weight excluding hydrogens is 277 g/mol. The molecule has 0 saturated carbocycles. The number of hydrogen-bond acceptors (Lipinski definition) is 3. The van der Waals surface area contributed by atoms with Crippen molar-refractivity contribution in [3.05, 3.63) is 0 Å². The summed E-state index contributed by atoms with van der Waals surface area (Å²) in [6.45, 7) is 0.000538. The van der Waals surface area contributed by atoms with Crippen LogP contribution in [0, 0.1) is 0 Å². The second-order valence-electron chi connectivity index (χ2n) is 3.64. The summed E-state index contributed by atoms with van der Waals surface area (Å²) in [6, 6.07) is -0.932. The molecule has 3 N–H and O–H groups in total. The van der Waals surface area contributed by atoms with Gasteiger partial charge in [0.05, 0.1) is 6.42 Å². The second kappa shape index (κ2) is 6.90. The number of rotatable bonds is 8. The van der Waals surface area contributed by atoms with Crippen LogP contribution in [0.2, 0.25) is 0 Å². The number of carboxylic acid groups (broad SMARTS) is 1. The first kappa shape index (κ1) is 17.1. The van der Waals surface area contributed by atoms with E-state index in [2.05, 4.69) is 0 Å². The van der Waals surface area contributed by atoms with Gasteiger partial charge in [0.1, 0.15) is 6.54 Å². The number of hydrogen-bond donors (Lipinski definition) is 3. The number of aliphatic carboxylic acids is 1. The zero-order valence-electron chi connectivity index (χ0n) is 9.62. The van der Waals surface area contributed by atoms with Gasteiger partial charge in [-0.15, -0.1) is 0 Å². The van der Waals surface area contributed by atoms with Gasteiger partial charge in [-0.3, -0.25) is 4.79 Å². The summed E-state index contributed by atoms with van der Waals surface area (Å²) in [4.78, 5) is 10.5. The molecule has 0 aliphatic carbocycles. The summed E-state index contributed by atoms with van der Waals surface area (Å²) in [5.74, 6) is -1.23. The number of carboxylic acids is 1. The molecule has 1 unspecified atom stereocenters. The van der Waals surface area contributed by atoms with Gasteiger partial charge in [-0.05, 0) is 6.42 Å². The van der Waals surface area contributed by atoms with Gasteiger partial charge in [0.2, 0.25) is 0 Å². The van der Waals surface area contributed by atoms with Gasteiger partial charge in [0.25, 0.3) is 10.2 Å². The standard InChI is InChI=1S/C8H15F3N2O4S/c1-2-3-6(4-7(14)15)13-18(16,17)12-5-8(9,10)11/h6,12-13H,2-5H2,1H3,(H,14,15). The maximum absolute atomic E-state index is 11.8. The van der Waals surface area contributed by atoms with Crippen LogP contribution in [0.25, 0.3) is 0 Å². The summed E-state index contributed by atoms with van der Waals surface area (Å²) in [5, 5.41) is 8.53. The second-order valence-corrected chi connectivity index (χ2v) is 5.17. The van der Waals surface area contributed by atoms with E-state index in [0.717, 1.165) is 0 Å². The molecule has 0 amide bonds. The quantitative estimate of drug-likeness (QED) is 0.611. The van der Waals surface area contributed by atoms with E-state index in [1.807, 2.05) is 4.72 Å². The van der Waals surface area contributed by atoms with Crippen molar-refractivity contribution in [3.63, 3.8) is 0 Å². The van der Waals surface area contributed by atoms with Crippen molar-refractivity contribution >= 4 is 16.2 Å². The molecule has 0 aromatic heterocycles. The Morgan fingerprint density at radius 2 is 1.94 bits per heavy atom. The van der Waals surface area contributed by atoms with Crippen LogP contribution >= 0.6 is 0 Å². The van der Waals surface area contributed by atoms with Crippen LogP contribution in [0.5, 0.6) is 0 Å². The first-order chi connectivity index (χ1) is 8.06. The summed E-state index contributed by atoms with van der Waals surface area (Å²) in [6.07, 6.45) is -4.43.